The van der Waals surface area contributed by atoms with Crippen LogP contribution in [-0.2, 0) is 0 Å². The number of hydrogen-bond donors (Lipinski definition) is 1. The first-order valence-electron chi connectivity index (χ1n) is 5.74. The Bertz CT molecular complexity index is 231. The van der Waals surface area contributed by atoms with Crippen LogP contribution in [0.4, 0.5) is 0 Å². The second-order valence-corrected chi connectivity index (χ2v) is 4.88. The molecule has 1 unspecified atom stereocenters. The van der Waals surface area contributed by atoms with E-state index >= 15 is 0 Å². The largest absolute Gasteiger partial charge is 0.387 e. The zero-order valence-corrected chi connectivity index (χ0v) is 9.24. The third kappa shape index (κ3) is 2.27. The van der Waals surface area contributed by atoms with Crippen LogP contribution in [0.5, 0.6) is 0 Å². The molecule has 0 spiro atoms. The maximum absolute atomic E-state index is 5.86. The molecule has 0 bridgehead atoms. The van der Waals surface area contributed by atoms with Crippen molar-refractivity contribution in [2.75, 3.05) is 13.1 Å². The number of amidine groups is 1. The van der Waals surface area contributed by atoms with Crippen molar-refractivity contribution in [1.82, 2.24) is 4.90 Å². The quantitative estimate of drug-likeness (QED) is 0.544. The van der Waals surface area contributed by atoms with E-state index in [1.165, 1.54) is 25.8 Å². The molecule has 1 atom stereocenters. The van der Waals surface area contributed by atoms with E-state index in [1.807, 2.05) is 0 Å². The summed E-state index contributed by atoms with van der Waals surface area (Å²) in [7, 11) is 0. The molecule has 0 aromatic carbocycles. The van der Waals surface area contributed by atoms with Crippen LogP contribution in [0.1, 0.15) is 33.1 Å². The van der Waals surface area contributed by atoms with Crippen molar-refractivity contribution in [3.05, 3.63) is 0 Å². The zero-order valence-electron chi connectivity index (χ0n) is 9.24. The molecular weight excluding hydrogens is 174 g/mol. The molecule has 3 heteroatoms. The second kappa shape index (κ2) is 3.89. The first-order valence-corrected chi connectivity index (χ1v) is 5.74. The molecule has 1 aliphatic heterocycles. The fraction of sp³-hybridized carbons (Fsp3) is 0.909. The van der Waals surface area contributed by atoms with Gasteiger partial charge in [-0.2, -0.15) is 0 Å². The van der Waals surface area contributed by atoms with Crippen LogP contribution in [0.25, 0.3) is 0 Å². The smallest absolute Gasteiger partial charge is 0.0966 e. The number of nitrogens with zero attached hydrogens (tertiary/aromatic N) is 2. The fourth-order valence-electron chi connectivity index (χ4n) is 2.00. The SMILES string of the molecule is CC(C)C(N)=NC1CCN(C2CC2)C1. The van der Waals surface area contributed by atoms with Gasteiger partial charge in [0.2, 0.25) is 0 Å². The van der Waals surface area contributed by atoms with Gasteiger partial charge in [0, 0.05) is 25.0 Å². The standard InChI is InChI=1S/C11H21N3/c1-8(2)11(12)13-9-5-6-14(7-9)10-3-4-10/h8-10H,3-7H2,1-2H3,(H2,12,13). The molecule has 2 fully saturated rings. The van der Waals surface area contributed by atoms with Crippen molar-refractivity contribution in [1.29, 1.82) is 0 Å². The van der Waals surface area contributed by atoms with Gasteiger partial charge in [0.05, 0.1) is 11.9 Å². The average molecular weight is 195 g/mol. The Hall–Kier alpha value is -0.570. The Kier molecular flexibility index (Phi) is 2.77. The lowest BCUT2D eigenvalue weighted by Crippen LogP contribution is -2.26. The first kappa shape index (κ1) is 9.97. The molecule has 1 saturated carbocycles. The monoisotopic (exact) mass is 195 g/mol. The summed E-state index contributed by atoms with van der Waals surface area (Å²) in [5.74, 6) is 1.22. The Labute approximate surface area is 86.4 Å². The van der Waals surface area contributed by atoms with Gasteiger partial charge in [-0.25, -0.2) is 0 Å². The van der Waals surface area contributed by atoms with Crippen LogP contribution < -0.4 is 5.73 Å². The van der Waals surface area contributed by atoms with Crippen molar-refractivity contribution in [3.63, 3.8) is 0 Å². The summed E-state index contributed by atoms with van der Waals surface area (Å²) >= 11 is 0. The molecule has 2 N–H and O–H groups in total. The van der Waals surface area contributed by atoms with Gasteiger partial charge in [-0.1, -0.05) is 13.8 Å². The Morgan fingerprint density at radius 2 is 2.07 bits per heavy atom. The van der Waals surface area contributed by atoms with E-state index in [0.29, 0.717) is 12.0 Å². The van der Waals surface area contributed by atoms with E-state index < -0.39 is 0 Å². The van der Waals surface area contributed by atoms with Crippen LogP contribution in [-0.4, -0.2) is 35.9 Å². The van der Waals surface area contributed by atoms with Gasteiger partial charge < -0.3 is 5.73 Å². The van der Waals surface area contributed by atoms with Crippen molar-refractivity contribution < 1.29 is 0 Å². The summed E-state index contributed by atoms with van der Waals surface area (Å²) in [6.45, 7) is 6.57. The van der Waals surface area contributed by atoms with E-state index in [9.17, 15) is 0 Å². The summed E-state index contributed by atoms with van der Waals surface area (Å²) in [6.07, 6.45) is 4.00. The Morgan fingerprint density at radius 1 is 1.36 bits per heavy atom. The number of rotatable bonds is 3. The molecule has 1 saturated heterocycles. The van der Waals surface area contributed by atoms with Gasteiger partial charge in [0.1, 0.15) is 0 Å². The summed E-state index contributed by atoms with van der Waals surface area (Å²) < 4.78 is 0. The molecule has 0 aromatic rings. The molecule has 0 aromatic heterocycles. The van der Waals surface area contributed by atoms with Crippen molar-refractivity contribution in [2.45, 2.75) is 45.2 Å². The predicted molar refractivity (Wildman–Crippen MR) is 59.5 cm³/mol. The number of nitrogens with two attached hydrogens (primary N) is 1. The van der Waals surface area contributed by atoms with Crippen LogP contribution >= 0.6 is 0 Å². The lowest BCUT2D eigenvalue weighted by molar-refractivity contribution is 0.324. The maximum atomic E-state index is 5.86. The number of aliphatic imine (C=N–C) groups is 1. The van der Waals surface area contributed by atoms with Gasteiger partial charge in [-0.3, -0.25) is 9.89 Å². The molecule has 1 aliphatic carbocycles. The van der Waals surface area contributed by atoms with E-state index in [0.717, 1.165) is 18.4 Å². The van der Waals surface area contributed by atoms with Crippen LogP contribution in [0.2, 0.25) is 0 Å². The zero-order chi connectivity index (χ0) is 10.1. The van der Waals surface area contributed by atoms with Gasteiger partial charge >= 0.3 is 0 Å². The van der Waals surface area contributed by atoms with Crippen molar-refractivity contribution >= 4 is 5.84 Å². The molecule has 3 nitrogen and oxygen atoms in total. The minimum Gasteiger partial charge on any atom is -0.387 e. The highest BCUT2D eigenvalue weighted by molar-refractivity contribution is 5.82. The van der Waals surface area contributed by atoms with Gasteiger partial charge in [-0.05, 0) is 19.3 Å². The Balaban J connectivity index is 1.85. The van der Waals surface area contributed by atoms with Crippen LogP contribution in [0.15, 0.2) is 4.99 Å². The lowest BCUT2D eigenvalue weighted by atomic mass is 10.2. The topological polar surface area (TPSA) is 41.6 Å². The molecule has 0 amide bonds. The van der Waals surface area contributed by atoms with Crippen LogP contribution in [0, 0.1) is 5.92 Å². The molecule has 2 aliphatic rings. The van der Waals surface area contributed by atoms with Crippen molar-refractivity contribution in [2.24, 2.45) is 16.6 Å². The lowest BCUT2D eigenvalue weighted by Gasteiger charge is -2.13. The highest BCUT2D eigenvalue weighted by Gasteiger charge is 2.34. The summed E-state index contributed by atoms with van der Waals surface area (Å²) in [4.78, 5) is 7.16. The van der Waals surface area contributed by atoms with E-state index in [4.69, 9.17) is 5.73 Å². The third-order valence-electron chi connectivity index (χ3n) is 3.18. The fourth-order valence-corrected chi connectivity index (χ4v) is 2.00. The van der Waals surface area contributed by atoms with Gasteiger partial charge in [0.25, 0.3) is 0 Å². The van der Waals surface area contributed by atoms with Crippen LogP contribution in [0.3, 0.4) is 0 Å². The van der Waals surface area contributed by atoms with E-state index in [-0.39, 0.29) is 0 Å². The van der Waals surface area contributed by atoms with Gasteiger partial charge in [-0.15, -0.1) is 0 Å². The minimum atomic E-state index is 0.393. The highest BCUT2D eigenvalue weighted by atomic mass is 15.2. The van der Waals surface area contributed by atoms with Crippen molar-refractivity contribution in [3.8, 4) is 0 Å². The van der Waals surface area contributed by atoms with E-state index in [1.54, 1.807) is 0 Å². The highest BCUT2D eigenvalue weighted by Crippen LogP contribution is 2.30. The third-order valence-corrected chi connectivity index (χ3v) is 3.18. The molecule has 2 rings (SSSR count). The molecule has 1 heterocycles. The van der Waals surface area contributed by atoms with E-state index in [2.05, 4.69) is 23.7 Å². The summed E-state index contributed by atoms with van der Waals surface area (Å²) in [5, 5.41) is 0. The summed E-state index contributed by atoms with van der Waals surface area (Å²) in [6, 6.07) is 1.36. The summed E-state index contributed by atoms with van der Waals surface area (Å²) in [5.41, 5.74) is 5.86. The van der Waals surface area contributed by atoms with Gasteiger partial charge in [0.15, 0.2) is 0 Å². The second-order valence-electron chi connectivity index (χ2n) is 4.88. The first-order chi connectivity index (χ1) is 6.66. The molecular formula is C11H21N3. The number of hydrogen-bond acceptors (Lipinski definition) is 2. The molecule has 14 heavy (non-hydrogen) atoms. The normalized spacial score (nSPS) is 30.2. The predicted octanol–water partition coefficient (Wildman–Crippen LogP) is 1.24. The number of likely N-dealkylation sites (tertiary alicyclic amines) is 1. The maximum Gasteiger partial charge on any atom is 0.0966 e. The minimum absolute atomic E-state index is 0.393. The Morgan fingerprint density at radius 3 is 2.64 bits per heavy atom. The average Bonchev–Trinajstić information content (AvgIpc) is 2.88. The molecule has 0 radical (unpaired) electrons. The molecule has 80 valence electrons.